The molecule has 2 aromatic rings. The molecule has 0 unspecified atom stereocenters. The van der Waals surface area contributed by atoms with Crippen LogP contribution in [0.2, 0.25) is 0 Å². The van der Waals surface area contributed by atoms with E-state index in [0.29, 0.717) is 36.7 Å². The molecule has 1 heterocycles. The van der Waals surface area contributed by atoms with Crippen LogP contribution < -0.4 is 0 Å². The molecule has 116 valence electrons. The summed E-state index contributed by atoms with van der Waals surface area (Å²) in [6, 6.07) is 5.12. The summed E-state index contributed by atoms with van der Waals surface area (Å²) in [6.45, 7) is 2.09. The Hall–Kier alpha value is -1.22. The summed E-state index contributed by atoms with van der Waals surface area (Å²) in [6.07, 6.45) is 1.18. The highest BCUT2D eigenvalue weighted by Gasteiger charge is 2.15. The van der Waals surface area contributed by atoms with Crippen LogP contribution in [0.3, 0.4) is 0 Å². The average molecular weight is 330 g/mol. The second-order valence-electron chi connectivity index (χ2n) is 4.61. The van der Waals surface area contributed by atoms with E-state index in [1.165, 1.54) is 6.26 Å². The first-order chi connectivity index (χ1) is 9.95. The van der Waals surface area contributed by atoms with Crippen molar-refractivity contribution in [3.63, 3.8) is 0 Å². The Balaban J connectivity index is 2.30. The number of imidazole rings is 1. The van der Waals surface area contributed by atoms with Gasteiger partial charge in [0.2, 0.25) is 0 Å². The summed E-state index contributed by atoms with van der Waals surface area (Å²) < 4.78 is 36.2. The van der Waals surface area contributed by atoms with Gasteiger partial charge in [0.25, 0.3) is 0 Å². The molecule has 8 heteroatoms. The van der Waals surface area contributed by atoms with Gasteiger partial charge in [0.15, 0.2) is 14.6 Å². The van der Waals surface area contributed by atoms with Gasteiger partial charge in [-0.1, -0.05) is 6.07 Å². The predicted octanol–water partition coefficient (Wildman–Crippen LogP) is 1.77. The quantitative estimate of drug-likeness (QED) is 0.619. The Morgan fingerprint density at radius 2 is 2.05 bits per heavy atom. The maximum absolute atomic E-state index is 11.8. The van der Waals surface area contributed by atoms with Gasteiger partial charge in [-0.15, -0.1) is 0 Å². The normalized spacial score (nSPS) is 12.1. The van der Waals surface area contributed by atoms with E-state index in [2.05, 4.69) is 4.98 Å². The first-order valence-electron chi connectivity index (χ1n) is 6.43. The molecule has 0 saturated carbocycles. The topological polar surface area (TPSA) is 73.3 Å². The molecule has 1 N–H and O–H groups in total. The maximum atomic E-state index is 11.8. The minimum absolute atomic E-state index is 0.255. The lowest BCUT2D eigenvalue weighted by atomic mass is 10.3. The van der Waals surface area contributed by atoms with Gasteiger partial charge in [-0.05, 0) is 24.4 Å². The van der Waals surface area contributed by atoms with Gasteiger partial charge in [0.05, 0.1) is 35.7 Å². The molecular weight excluding hydrogens is 312 g/mol. The number of H-pyrrole nitrogens is 1. The summed E-state index contributed by atoms with van der Waals surface area (Å²) in [7, 11) is -1.69. The fourth-order valence-corrected chi connectivity index (χ4v) is 3.23. The SMILES string of the molecule is COCCOCCn1c(=S)[nH]c2c(S(C)(=O)=O)cccc21. The molecular formula is C13H18N2O4S2. The molecule has 0 radical (unpaired) electrons. The highest BCUT2D eigenvalue weighted by Crippen LogP contribution is 2.22. The van der Waals surface area contributed by atoms with Gasteiger partial charge in [0, 0.05) is 19.9 Å². The fraction of sp³-hybridized carbons (Fsp3) is 0.462. The molecule has 0 amide bonds. The summed E-state index contributed by atoms with van der Waals surface area (Å²) in [5.41, 5.74) is 1.31. The van der Waals surface area contributed by atoms with Crippen LogP contribution in [0.4, 0.5) is 0 Å². The Labute approximate surface area is 128 Å². The van der Waals surface area contributed by atoms with E-state index in [1.807, 2.05) is 10.6 Å². The smallest absolute Gasteiger partial charge is 0.178 e. The lowest BCUT2D eigenvalue weighted by molar-refractivity contribution is 0.0668. The van der Waals surface area contributed by atoms with Crippen molar-refractivity contribution in [1.82, 2.24) is 9.55 Å². The lowest BCUT2D eigenvalue weighted by Gasteiger charge is -2.06. The second kappa shape index (κ2) is 6.69. The number of aromatic nitrogens is 2. The van der Waals surface area contributed by atoms with Crippen LogP contribution >= 0.6 is 12.2 Å². The molecule has 0 saturated heterocycles. The molecule has 1 aromatic heterocycles. The minimum atomic E-state index is -3.30. The Morgan fingerprint density at radius 3 is 2.71 bits per heavy atom. The van der Waals surface area contributed by atoms with Gasteiger partial charge in [-0.25, -0.2) is 8.42 Å². The first kappa shape index (κ1) is 16.2. The van der Waals surface area contributed by atoms with Crippen LogP contribution in [-0.2, 0) is 25.9 Å². The molecule has 0 aliphatic heterocycles. The number of para-hydroxylation sites is 1. The van der Waals surface area contributed by atoms with Crippen LogP contribution in [0, 0.1) is 4.77 Å². The van der Waals surface area contributed by atoms with Gasteiger partial charge in [-0.3, -0.25) is 0 Å². The molecule has 0 aliphatic carbocycles. The van der Waals surface area contributed by atoms with E-state index in [-0.39, 0.29) is 4.90 Å². The Kier molecular flexibility index (Phi) is 5.15. The average Bonchev–Trinajstić information content (AvgIpc) is 2.73. The molecule has 0 atom stereocenters. The van der Waals surface area contributed by atoms with Crippen molar-refractivity contribution >= 4 is 33.1 Å². The van der Waals surface area contributed by atoms with Crippen molar-refractivity contribution in [3.05, 3.63) is 23.0 Å². The Bertz CT molecular complexity index is 777. The number of hydrogen-bond acceptors (Lipinski definition) is 5. The number of sulfone groups is 1. The summed E-state index contributed by atoms with van der Waals surface area (Å²) in [5, 5.41) is 0. The van der Waals surface area contributed by atoms with E-state index < -0.39 is 9.84 Å². The van der Waals surface area contributed by atoms with Gasteiger partial charge in [0.1, 0.15) is 0 Å². The van der Waals surface area contributed by atoms with Crippen molar-refractivity contribution in [1.29, 1.82) is 0 Å². The van der Waals surface area contributed by atoms with Gasteiger partial charge < -0.3 is 19.0 Å². The fourth-order valence-electron chi connectivity index (χ4n) is 2.09. The Morgan fingerprint density at radius 1 is 1.29 bits per heavy atom. The van der Waals surface area contributed by atoms with Crippen LogP contribution in [0.5, 0.6) is 0 Å². The number of hydrogen-bond donors (Lipinski definition) is 1. The van der Waals surface area contributed by atoms with Gasteiger partial charge in [-0.2, -0.15) is 0 Å². The third-order valence-electron chi connectivity index (χ3n) is 3.06. The molecule has 2 rings (SSSR count). The third-order valence-corrected chi connectivity index (χ3v) is 4.52. The van der Waals surface area contributed by atoms with Gasteiger partial charge >= 0.3 is 0 Å². The number of fused-ring (bicyclic) bond motifs is 1. The maximum Gasteiger partial charge on any atom is 0.178 e. The highest BCUT2D eigenvalue weighted by molar-refractivity contribution is 7.91. The van der Waals surface area contributed by atoms with E-state index in [0.717, 1.165) is 5.52 Å². The number of benzene rings is 1. The number of aromatic amines is 1. The van der Waals surface area contributed by atoms with E-state index in [4.69, 9.17) is 21.7 Å². The molecule has 0 aliphatic rings. The van der Waals surface area contributed by atoms with Crippen LogP contribution in [-0.4, -0.2) is 51.2 Å². The third kappa shape index (κ3) is 3.70. The monoisotopic (exact) mass is 330 g/mol. The number of nitrogens with zero attached hydrogens (tertiary/aromatic N) is 1. The van der Waals surface area contributed by atoms with E-state index >= 15 is 0 Å². The number of methoxy groups -OCH3 is 1. The molecule has 1 aromatic carbocycles. The summed E-state index contributed by atoms with van der Waals surface area (Å²) >= 11 is 5.27. The van der Waals surface area contributed by atoms with E-state index in [1.54, 1.807) is 19.2 Å². The molecule has 0 spiro atoms. The van der Waals surface area contributed by atoms with E-state index in [9.17, 15) is 8.42 Å². The van der Waals surface area contributed by atoms with Crippen LogP contribution in [0.25, 0.3) is 11.0 Å². The second-order valence-corrected chi connectivity index (χ2v) is 6.98. The standard InChI is InChI=1S/C13H18N2O4S2/c1-18-8-9-19-7-6-15-10-4-3-5-11(21(2,16)17)12(10)14-13(15)20/h3-5H,6-9H2,1-2H3,(H,14,20). The number of ether oxygens (including phenoxy) is 2. The zero-order valence-electron chi connectivity index (χ0n) is 12.0. The lowest BCUT2D eigenvalue weighted by Crippen LogP contribution is -2.09. The zero-order valence-corrected chi connectivity index (χ0v) is 13.6. The van der Waals surface area contributed by atoms with Crippen molar-refractivity contribution in [2.45, 2.75) is 11.4 Å². The molecule has 21 heavy (non-hydrogen) atoms. The van der Waals surface area contributed by atoms with Crippen LogP contribution in [0.15, 0.2) is 23.1 Å². The highest BCUT2D eigenvalue weighted by atomic mass is 32.2. The summed E-state index contributed by atoms with van der Waals surface area (Å²) in [4.78, 5) is 3.23. The molecule has 0 bridgehead atoms. The minimum Gasteiger partial charge on any atom is -0.382 e. The van der Waals surface area contributed by atoms with Crippen molar-refractivity contribution in [2.24, 2.45) is 0 Å². The number of rotatable bonds is 7. The summed E-state index contributed by atoms with van der Waals surface area (Å²) in [5.74, 6) is 0. The largest absolute Gasteiger partial charge is 0.382 e. The van der Waals surface area contributed by atoms with Crippen molar-refractivity contribution in [3.8, 4) is 0 Å². The molecule has 6 nitrogen and oxygen atoms in total. The van der Waals surface area contributed by atoms with Crippen molar-refractivity contribution in [2.75, 3.05) is 33.2 Å². The number of nitrogens with one attached hydrogen (secondary N) is 1. The zero-order chi connectivity index (χ0) is 15.5. The van der Waals surface area contributed by atoms with Crippen molar-refractivity contribution < 1.29 is 17.9 Å². The molecule has 0 fully saturated rings. The predicted molar refractivity (Wildman–Crippen MR) is 82.9 cm³/mol. The first-order valence-corrected chi connectivity index (χ1v) is 8.73. The van der Waals surface area contributed by atoms with Crippen LogP contribution in [0.1, 0.15) is 0 Å².